The molecule has 0 bridgehead atoms. The number of rotatable bonds is 2. The van der Waals surface area contributed by atoms with Crippen LogP contribution in [-0.4, -0.2) is 50.5 Å². The largest absolute Gasteiger partial charge is 0.355 e. The second kappa shape index (κ2) is 6.07. The van der Waals surface area contributed by atoms with E-state index < -0.39 is 9.89 Å². The van der Waals surface area contributed by atoms with Crippen molar-refractivity contribution < 1.29 is 4.21 Å². The second-order valence-electron chi connectivity index (χ2n) is 6.11. The molecule has 1 unspecified atom stereocenters. The molecular formula is C16H23N5OS. The Morgan fingerprint density at radius 1 is 1.13 bits per heavy atom. The highest BCUT2D eigenvalue weighted by atomic mass is 32.2. The van der Waals surface area contributed by atoms with Gasteiger partial charge in [-0.3, -0.25) is 0 Å². The summed E-state index contributed by atoms with van der Waals surface area (Å²) in [7, 11) is -2.64. The average Bonchev–Trinajstić information content (AvgIpc) is 2.73. The van der Waals surface area contributed by atoms with Crippen LogP contribution in [0.3, 0.4) is 0 Å². The molecular weight excluding hydrogens is 310 g/mol. The molecule has 23 heavy (non-hydrogen) atoms. The number of hydrogen-bond donors (Lipinski definition) is 1. The van der Waals surface area contributed by atoms with Crippen LogP contribution in [0, 0.1) is 13.8 Å². The van der Waals surface area contributed by atoms with Gasteiger partial charge < -0.3 is 4.90 Å². The van der Waals surface area contributed by atoms with Gasteiger partial charge in [-0.05, 0) is 49.4 Å². The highest BCUT2D eigenvalue weighted by Crippen LogP contribution is 2.26. The fourth-order valence-electron chi connectivity index (χ4n) is 2.97. The SMILES string of the molecule is C=S(N)(=O)N1CCCN(c2ncnc3cc(C)c(C)cc23)CC1. The zero-order chi connectivity index (χ0) is 16.6. The Morgan fingerprint density at radius 2 is 1.87 bits per heavy atom. The number of benzene rings is 1. The predicted octanol–water partition coefficient (Wildman–Crippen LogP) is 1.26. The molecule has 1 aromatic carbocycles. The van der Waals surface area contributed by atoms with E-state index in [0.29, 0.717) is 13.1 Å². The van der Waals surface area contributed by atoms with Gasteiger partial charge in [0.05, 0.1) is 15.4 Å². The van der Waals surface area contributed by atoms with Crippen molar-refractivity contribution in [3.63, 3.8) is 0 Å². The molecule has 0 amide bonds. The topological polar surface area (TPSA) is 75.4 Å². The number of aromatic nitrogens is 2. The maximum absolute atomic E-state index is 12.0. The molecule has 1 fully saturated rings. The van der Waals surface area contributed by atoms with E-state index >= 15 is 0 Å². The summed E-state index contributed by atoms with van der Waals surface area (Å²) in [5, 5.41) is 6.75. The van der Waals surface area contributed by atoms with E-state index in [4.69, 9.17) is 5.14 Å². The summed E-state index contributed by atoms with van der Waals surface area (Å²) >= 11 is 0. The molecule has 3 rings (SSSR count). The van der Waals surface area contributed by atoms with E-state index in [9.17, 15) is 4.21 Å². The average molecular weight is 333 g/mol. The standard InChI is InChI=1S/C16H23N5OS/c1-12-9-14-15(10-13(12)2)18-11-19-16(14)20-5-4-6-21(8-7-20)23(3,17)22/h9-11H,3-8H2,1-2H3,(H2,17,22). The fourth-order valence-corrected chi connectivity index (χ4v) is 3.80. The first-order chi connectivity index (χ1) is 10.9. The normalized spacial score (nSPS) is 19.5. The van der Waals surface area contributed by atoms with E-state index in [1.54, 1.807) is 10.6 Å². The maximum Gasteiger partial charge on any atom is 0.139 e. The van der Waals surface area contributed by atoms with Crippen molar-refractivity contribution in [1.82, 2.24) is 14.3 Å². The maximum atomic E-state index is 12.0. The van der Waals surface area contributed by atoms with Crippen molar-refractivity contribution in [3.8, 4) is 0 Å². The van der Waals surface area contributed by atoms with Crippen LogP contribution in [0.1, 0.15) is 17.5 Å². The summed E-state index contributed by atoms with van der Waals surface area (Å²) in [4.78, 5) is 11.1. The molecule has 0 saturated carbocycles. The molecule has 1 aliphatic rings. The summed E-state index contributed by atoms with van der Waals surface area (Å²) in [6, 6.07) is 4.25. The van der Waals surface area contributed by atoms with Gasteiger partial charge in [0.25, 0.3) is 0 Å². The van der Waals surface area contributed by atoms with Crippen molar-refractivity contribution in [1.29, 1.82) is 0 Å². The van der Waals surface area contributed by atoms with Crippen LogP contribution >= 0.6 is 0 Å². The van der Waals surface area contributed by atoms with E-state index in [2.05, 4.69) is 46.7 Å². The lowest BCUT2D eigenvalue weighted by Gasteiger charge is -2.24. The van der Waals surface area contributed by atoms with Crippen molar-refractivity contribution in [2.75, 3.05) is 31.1 Å². The van der Waals surface area contributed by atoms with Crippen LogP contribution < -0.4 is 10.0 Å². The van der Waals surface area contributed by atoms with E-state index in [1.807, 2.05) is 0 Å². The van der Waals surface area contributed by atoms with Gasteiger partial charge in [0.1, 0.15) is 12.1 Å². The first-order valence-electron chi connectivity index (χ1n) is 7.73. The third-order valence-corrected chi connectivity index (χ3v) is 5.66. The Hall–Kier alpha value is -1.70. The third kappa shape index (κ3) is 3.31. The monoisotopic (exact) mass is 333 g/mol. The van der Waals surface area contributed by atoms with Gasteiger partial charge in [-0.25, -0.2) is 23.6 Å². The predicted molar refractivity (Wildman–Crippen MR) is 96.9 cm³/mol. The van der Waals surface area contributed by atoms with Gasteiger partial charge in [0, 0.05) is 31.6 Å². The van der Waals surface area contributed by atoms with Crippen LogP contribution in [0.25, 0.3) is 10.9 Å². The van der Waals surface area contributed by atoms with Gasteiger partial charge in [0.15, 0.2) is 0 Å². The van der Waals surface area contributed by atoms with E-state index in [-0.39, 0.29) is 0 Å². The smallest absolute Gasteiger partial charge is 0.139 e. The second-order valence-corrected chi connectivity index (χ2v) is 8.01. The lowest BCUT2D eigenvalue weighted by Crippen LogP contribution is -2.39. The lowest BCUT2D eigenvalue weighted by molar-refractivity contribution is 0.471. The number of anilines is 1. The summed E-state index contributed by atoms with van der Waals surface area (Å²) in [5.74, 6) is 4.53. The summed E-state index contributed by atoms with van der Waals surface area (Å²) < 4.78 is 13.8. The summed E-state index contributed by atoms with van der Waals surface area (Å²) in [5.41, 5.74) is 3.41. The Kier molecular flexibility index (Phi) is 4.27. The summed E-state index contributed by atoms with van der Waals surface area (Å²) in [6.45, 7) is 7.08. The number of nitrogens with zero attached hydrogens (tertiary/aromatic N) is 4. The third-order valence-electron chi connectivity index (χ3n) is 4.42. The minimum atomic E-state index is -2.64. The molecule has 1 atom stereocenters. The highest BCUT2D eigenvalue weighted by molar-refractivity contribution is 7.96. The fraction of sp³-hybridized carbons (Fsp3) is 0.438. The van der Waals surface area contributed by atoms with Crippen LogP contribution in [-0.2, 0) is 9.89 Å². The molecule has 1 saturated heterocycles. The zero-order valence-electron chi connectivity index (χ0n) is 13.7. The Labute approximate surface area is 137 Å². The Morgan fingerprint density at radius 3 is 2.61 bits per heavy atom. The lowest BCUT2D eigenvalue weighted by atomic mass is 10.1. The molecule has 6 nitrogen and oxygen atoms in total. The molecule has 1 aliphatic heterocycles. The van der Waals surface area contributed by atoms with E-state index in [0.717, 1.165) is 36.2 Å². The zero-order valence-corrected chi connectivity index (χ0v) is 14.5. The van der Waals surface area contributed by atoms with Crippen molar-refractivity contribution in [2.45, 2.75) is 20.3 Å². The first kappa shape index (κ1) is 16.2. The molecule has 2 N–H and O–H groups in total. The van der Waals surface area contributed by atoms with Crippen molar-refractivity contribution in [3.05, 3.63) is 29.6 Å². The van der Waals surface area contributed by atoms with Crippen molar-refractivity contribution in [2.24, 2.45) is 5.14 Å². The number of nitrogens with two attached hydrogens (primary N) is 1. The molecule has 1 aromatic heterocycles. The summed E-state index contributed by atoms with van der Waals surface area (Å²) in [6.07, 6.45) is 2.49. The minimum Gasteiger partial charge on any atom is -0.355 e. The quantitative estimate of drug-likeness (QED) is 0.840. The number of hydrogen-bond acceptors (Lipinski definition) is 4. The molecule has 7 heteroatoms. The van der Waals surface area contributed by atoms with Gasteiger partial charge in [-0.15, -0.1) is 0 Å². The number of aryl methyl sites for hydroxylation is 2. The Bertz CT molecular complexity index is 834. The molecule has 0 radical (unpaired) electrons. The van der Waals surface area contributed by atoms with Crippen LogP contribution in [0.4, 0.5) is 5.82 Å². The molecule has 2 aromatic rings. The van der Waals surface area contributed by atoms with Gasteiger partial charge >= 0.3 is 0 Å². The van der Waals surface area contributed by atoms with Gasteiger partial charge in [-0.2, -0.15) is 0 Å². The highest BCUT2D eigenvalue weighted by Gasteiger charge is 2.21. The number of fused-ring (bicyclic) bond motifs is 1. The van der Waals surface area contributed by atoms with Crippen LogP contribution in [0.2, 0.25) is 0 Å². The molecule has 0 spiro atoms. The minimum absolute atomic E-state index is 0.620. The van der Waals surface area contributed by atoms with Crippen LogP contribution in [0.5, 0.6) is 0 Å². The van der Waals surface area contributed by atoms with E-state index in [1.165, 1.54) is 11.1 Å². The van der Waals surface area contributed by atoms with Crippen molar-refractivity contribution >= 4 is 32.5 Å². The van der Waals surface area contributed by atoms with Gasteiger partial charge in [0.2, 0.25) is 0 Å². The molecule has 124 valence electrons. The molecule has 2 heterocycles. The molecule has 0 aliphatic carbocycles. The Balaban J connectivity index is 1.96. The van der Waals surface area contributed by atoms with Gasteiger partial charge in [-0.1, -0.05) is 0 Å². The van der Waals surface area contributed by atoms with Crippen LogP contribution in [0.15, 0.2) is 18.5 Å². The first-order valence-corrected chi connectivity index (χ1v) is 9.48.